The van der Waals surface area contributed by atoms with Crippen LogP contribution in [0.3, 0.4) is 0 Å². The first-order valence-electron chi connectivity index (χ1n) is 8.31. The maximum Gasteiger partial charge on any atom is 0.303 e. The van der Waals surface area contributed by atoms with Crippen molar-refractivity contribution in [2.75, 3.05) is 19.6 Å². The monoisotopic (exact) mass is 298 g/mol. The highest BCUT2D eigenvalue weighted by Gasteiger charge is 2.32. The molecule has 1 aliphatic rings. The fourth-order valence-corrected chi connectivity index (χ4v) is 3.33. The number of rotatable bonds is 8. The SMILES string of the molecule is CCC(C(=O)N1CCCCC1CCC(=O)O)N(CC)CC. The van der Waals surface area contributed by atoms with Gasteiger partial charge in [0, 0.05) is 19.0 Å². The lowest BCUT2D eigenvalue weighted by Crippen LogP contribution is -2.53. The van der Waals surface area contributed by atoms with Gasteiger partial charge >= 0.3 is 5.97 Å². The molecule has 21 heavy (non-hydrogen) atoms. The van der Waals surface area contributed by atoms with E-state index in [4.69, 9.17) is 5.11 Å². The number of aliphatic carboxylic acids is 1. The molecule has 0 saturated carbocycles. The van der Waals surface area contributed by atoms with E-state index in [1.165, 1.54) is 0 Å². The van der Waals surface area contributed by atoms with Crippen LogP contribution in [0.15, 0.2) is 0 Å². The minimum absolute atomic E-state index is 0.0644. The summed E-state index contributed by atoms with van der Waals surface area (Å²) in [5.74, 6) is -0.583. The molecule has 122 valence electrons. The van der Waals surface area contributed by atoms with E-state index in [2.05, 4.69) is 25.7 Å². The van der Waals surface area contributed by atoms with E-state index in [0.717, 1.165) is 45.3 Å². The molecule has 1 amide bonds. The molecule has 1 aliphatic heterocycles. The van der Waals surface area contributed by atoms with E-state index in [9.17, 15) is 9.59 Å². The van der Waals surface area contributed by atoms with Crippen LogP contribution in [0.2, 0.25) is 0 Å². The third-order valence-electron chi connectivity index (χ3n) is 4.53. The molecule has 5 nitrogen and oxygen atoms in total. The number of carbonyl (C=O) groups is 2. The Balaban J connectivity index is 2.76. The zero-order valence-electron chi connectivity index (χ0n) is 13.7. The predicted molar refractivity (Wildman–Crippen MR) is 83.2 cm³/mol. The molecular formula is C16H30N2O3. The Hall–Kier alpha value is -1.10. The first-order chi connectivity index (χ1) is 10.0. The first-order valence-corrected chi connectivity index (χ1v) is 8.31. The van der Waals surface area contributed by atoms with Gasteiger partial charge in [-0.1, -0.05) is 20.8 Å². The lowest BCUT2D eigenvalue weighted by Gasteiger charge is -2.40. The number of likely N-dealkylation sites (tertiary alicyclic amines) is 1. The van der Waals surface area contributed by atoms with Crippen LogP contribution in [-0.2, 0) is 9.59 Å². The summed E-state index contributed by atoms with van der Waals surface area (Å²) in [5.41, 5.74) is 0. The molecule has 1 N–H and O–H groups in total. The lowest BCUT2D eigenvalue weighted by atomic mass is 9.96. The van der Waals surface area contributed by atoms with Crippen molar-refractivity contribution in [3.8, 4) is 0 Å². The van der Waals surface area contributed by atoms with Crippen LogP contribution in [0.25, 0.3) is 0 Å². The van der Waals surface area contributed by atoms with E-state index in [-0.39, 0.29) is 24.4 Å². The molecule has 1 fully saturated rings. The molecule has 0 radical (unpaired) electrons. The van der Waals surface area contributed by atoms with Crippen molar-refractivity contribution in [1.82, 2.24) is 9.80 Å². The number of nitrogens with zero attached hydrogens (tertiary/aromatic N) is 2. The van der Waals surface area contributed by atoms with Gasteiger partial charge in [0.15, 0.2) is 0 Å². The Bertz CT molecular complexity index is 342. The minimum Gasteiger partial charge on any atom is -0.481 e. The first kappa shape index (κ1) is 18.0. The van der Waals surface area contributed by atoms with Crippen molar-refractivity contribution >= 4 is 11.9 Å². The summed E-state index contributed by atoms with van der Waals surface area (Å²) in [4.78, 5) is 27.8. The summed E-state index contributed by atoms with van der Waals surface area (Å²) in [6, 6.07) is 0.0393. The van der Waals surface area contributed by atoms with Crippen LogP contribution in [0.1, 0.15) is 59.3 Å². The number of likely N-dealkylation sites (N-methyl/N-ethyl adjacent to an activating group) is 1. The van der Waals surface area contributed by atoms with Crippen molar-refractivity contribution < 1.29 is 14.7 Å². The second kappa shape index (κ2) is 9.03. The highest BCUT2D eigenvalue weighted by molar-refractivity contribution is 5.82. The summed E-state index contributed by atoms with van der Waals surface area (Å²) in [6.07, 6.45) is 4.60. The molecule has 0 bridgehead atoms. The largest absolute Gasteiger partial charge is 0.481 e. The molecule has 0 aromatic heterocycles. The van der Waals surface area contributed by atoms with E-state index in [1.807, 2.05) is 4.90 Å². The Morgan fingerprint density at radius 1 is 1.24 bits per heavy atom. The third kappa shape index (κ3) is 4.99. The molecule has 0 aromatic rings. The van der Waals surface area contributed by atoms with Crippen LogP contribution in [-0.4, -0.2) is 58.5 Å². The summed E-state index contributed by atoms with van der Waals surface area (Å²) in [6.45, 7) is 8.73. The van der Waals surface area contributed by atoms with Crippen molar-refractivity contribution in [1.29, 1.82) is 0 Å². The standard InChI is InChI=1S/C16H30N2O3/c1-4-14(17(5-2)6-3)16(21)18-12-8-7-9-13(18)10-11-15(19)20/h13-14H,4-12H2,1-3H3,(H,19,20). The molecule has 5 heteroatoms. The van der Waals surface area contributed by atoms with Crippen molar-refractivity contribution in [3.05, 3.63) is 0 Å². The molecule has 2 unspecified atom stereocenters. The van der Waals surface area contributed by atoms with Crippen molar-refractivity contribution in [3.63, 3.8) is 0 Å². The Morgan fingerprint density at radius 2 is 1.90 bits per heavy atom. The number of amides is 1. The van der Waals surface area contributed by atoms with Gasteiger partial charge in [-0.3, -0.25) is 14.5 Å². The molecule has 1 heterocycles. The number of carboxylic acids is 1. The molecule has 1 rings (SSSR count). The number of hydrogen-bond donors (Lipinski definition) is 1. The Morgan fingerprint density at radius 3 is 2.43 bits per heavy atom. The van der Waals surface area contributed by atoms with Crippen LogP contribution in [0, 0.1) is 0 Å². The smallest absolute Gasteiger partial charge is 0.303 e. The second-order valence-electron chi connectivity index (χ2n) is 5.76. The average molecular weight is 298 g/mol. The number of carbonyl (C=O) groups excluding carboxylic acids is 1. The van der Waals surface area contributed by atoms with E-state index < -0.39 is 5.97 Å². The molecule has 2 atom stereocenters. The topological polar surface area (TPSA) is 60.9 Å². The Labute approximate surface area is 128 Å². The van der Waals surface area contributed by atoms with Gasteiger partial charge < -0.3 is 10.0 Å². The number of carboxylic acid groups (broad SMARTS) is 1. The lowest BCUT2D eigenvalue weighted by molar-refractivity contribution is -0.143. The van der Waals surface area contributed by atoms with Crippen molar-refractivity contribution in [2.24, 2.45) is 0 Å². The highest BCUT2D eigenvalue weighted by atomic mass is 16.4. The normalized spacial score (nSPS) is 20.6. The van der Waals surface area contributed by atoms with Gasteiger partial charge in [0.2, 0.25) is 5.91 Å². The Kier molecular flexibility index (Phi) is 7.72. The highest BCUT2D eigenvalue weighted by Crippen LogP contribution is 2.23. The number of hydrogen-bond acceptors (Lipinski definition) is 3. The van der Waals surface area contributed by atoms with Crippen molar-refractivity contribution in [2.45, 2.75) is 71.4 Å². The fraction of sp³-hybridized carbons (Fsp3) is 0.875. The van der Waals surface area contributed by atoms with Gasteiger partial charge in [-0.25, -0.2) is 0 Å². The molecule has 1 saturated heterocycles. The van der Waals surface area contributed by atoms with Gasteiger partial charge in [-0.05, 0) is 45.2 Å². The summed E-state index contributed by atoms with van der Waals surface area (Å²) >= 11 is 0. The van der Waals surface area contributed by atoms with Crippen LogP contribution >= 0.6 is 0 Å². The van der Waals surface area contributed by atoms with Gasteiger partial charge in [0.05, 0.1) is 6.04 Å². The molecule has 0 spiro atoms. The third-order valence-corrected chi connectivity index (χ3v) is 4.53. The van der Waals surface area contributed by atoms with E-state index in [0.29, 0.717) is 6.42 Å². The predicted octanol–water partition coefficient (Wildman–Crippen LogP) is 2.35. The van der Waals surface area contributed by atoms with Crippen LogP contribution in [0.5, 0.6) is 0 Å². The van der Waals surface area contributed by atoms with E-state index >= 15 is 0 Å². The summed E-state index contributed by atoms with van der Waals surface area (Å²) < 4.78 is 0. The minimum atomic E-state index is -0.774. The maximum absolute atomic E-state index is 12.9. The van der Waals surface area contributed by atoms with Crippen LogP contribution < -0.4 is 0 Å². The molecule has 0 aromatic carbocycles. The van der Waals surface area contributed by atoms with Crippen LogP contribution in [0.4, 0.5) is 0 Å². The zero-order valence-corrected chi connectivity index (χ0v) is 13.7. The fourth-order valence-electron chi connectivity index (χ4n) is 3.33. The van der Waals surface area contributed by atoms with Gasteiger partial charge in [-0.15, -0.1) is 0 Å². The quantitative estimate of drug-likeness (QED) is 0.747. The van der Waals surface area contributed by atoms with Gasteiger partial charge in [0.25, 0.3) is 0 Å². The molecule has 0 aliphatic carbocycles. The van der Waals surface area contributed by atoms with E-state index in [1.54, 1.807) is 0 Å². The average Bonchev–Trinajstić information content (AvgIpc) is 2.50. The number of piperidine rings is 1. The second-order valence-corrected chi connectivity index (χ2v) is 5.76. The van der Waals surface area contributed by atoms with Gasteiger partial charge in [-0.2, -0.15) is 0 Å². The maximum atomic E-state index is 12.9. The van der Waals surface area contributed by atoms with Gasteiger partial charge in [0.1, 0.15) is 0 Å². The zero-order chi connectivity index (χ0) is 15.8. The summed E-state index contributed by atoms with van der Waals surface area (Å²) in [5, 5.41) is 8.88. The summed E-state index contributed by atoms with van der Waals surface area (Å²) in [7, 11) is 0. The molecular weight excluding hydrogens is 268 g/mol.